The number of aliphatic hydroxyl groups is 6. The molecule has 9 atom stereocenters. The fraction of sp³-hybridized carbons (Fsp3) is 0.733. The van der Waals surface area contributed by atoms with E-state index in [2.05, 4.69) is 0 Å². The highest BCUT2D eigenvalue weighted by atomic mass is 19.1. The topological polar surface area (TPSA) is 204 Å². The third-order valence-corrected chi connectivity index (χ3v) is 4.81. The van der Waals surface area contributed by atoms with Gasteiger partial charge in [0.05, 0.1) is 19.4 Å². The van der Waals surface area contributed by atoms with E-state index in [1.54, 1.807) is 4.98 Å². The lowest BCUT2D eigenvalue weighted by molar-refractivity contribution is -0.306. The predicted octanol–water partition coefficient (Wildman–Crippen LogP) is -4.89. The highest BCUT2D eigenvalue weighted by molar-refractivity contribution is 4.95. The number of ether oxygens (including phenoxy) is 3. The molecule has 0 radical (unpaired) electrons. The average Bonchev–Trinajstić information content (AvgIpc) is 2.97. The number of H-pyrrole nitrogens is 1. The summed E-state index contributed by atoms with van der Waals surface area (Å²) in [7, 11) is 0. The molecule has 0 amide bonds. The molecule has 0 spiro atoms. The summed E-state index contributed by atoms with van der Waals surface area (Å²) in [6.45, 7) is -1.19. The molecule has 2 saturated heterocycles. The Bertz CT molecular complexity index is 829. The normalized spacial score (nSPS) is 40.3. The first-order valence-electron chi connectivity index (χ1n) is 8.60. The van der Waals surface area contributed by atoms with Crippen molar-refractivity contribution in [3.63, 3.8) is 0 Å². The van der Waals surface area contributed by atoms with E-state index in [1.807, 2.05) is 0 Å². The Hall–Kier alpha value is -1.75. The number of hydrogen-bond donors (Lipinski definition) is 7. The first kappa shape index (κ1) is 21.9. The SMILES string of the molecule is O=c1[nH]c(=O)n([C@H]2O[C@@H](CO[C@H]3O[C@H](CO)[C@H](O)[C@H](O)[C@H]3O)C(O)C2O)cc1F. The minimum atomic E-state index is -1.69. The lowest BCUT2D eigenvalue weighted by Gasteiger charge is -2.39. The van der Waals surface area contributed by atoms with E-state index in [-0.39, 0.29) is 0 Å². The molecule has 29 heavy (non-hydrogen) atoms. The standard InChI is InChI=1S/C15H21FN2O11/c16-4-1-18(15(26)17-12(4)25)13-10(23)8(21)6(28-13)3-27-14-11(24)9(22)7(20)5(2-19)29-14/h1,5-11,13-14,19-24H,2-3H2,(H,17,25,26)/t5-,6+,7+,8?,9+,10?,11-,13+,14+/m1/s1. The largest absolute Gasteiger partial charge is 0.394 e. The third-order valence-electron chi connectivity index (χ3n) is 4.81. The number of aliphatic hydroxyl groups excluding tert-OH is 6. The Kier molecular flexibility index (Phi) is 6.47. The third kappa shape index (κ3) is 4.11. The van der Waals surface area contributed by atoms with Gasteiger partial charge in [-0.1, -0.05) is 0 Å². The molecule has 0 aliphatic carbocycles. The van der Waals surface area contributed by atoms with Gasteiger partial charge in [0.1, 0.15) is 42.7 Å². The van der Waals surface area contributed by atoms with Crippen molar-refractivity contribution in [2.75, 3.05) is 13.2 Å². The molecular formula is C15H21FN2O11. The maximum Gasteiger partial charge on any atom is 0.330 e. The van der Waals surface area contributed by atoms with Gasteiger partial charge in [0.2, 0.25) is 5.82 Å². The van der Waals surface area contributed by atoms with Crippen molar-refractivity contribution < 1.29 is 49.2 Å². The second-order valence-corrected chi connectivity index (χ2v) is 6.72. The zero-order chi connectivity index (χ0) is 21.5. The smallest absolute Gasteiger partial charge is 0.330 e. The van der Waals surface area contributed by atoms with Gasteiger partial charge >= 0.3 is 5.69 Å². The van der Waals surface area contributed by atoms with Gasteiger partial charge in [-0.25, -0.2) is 4.79 Å². The molecular weight excluding hydrogens is 403 g/mol. The van der Waals surface area contributed by atoms with Crippen molar-refractivity contribution >= 4 is 0 Å². The number of rotatable bonds is 5. The van der Waals surface area contributed by atoms with Crippen LogP contribution in [0.15, 0.2) is 15.8 Å². The Labute approximate surface area is 161 Å². The molecule has 1 aromatic heterocycles. The molecule has 2 fully saturated rings. The summed E-state index contributed by atoms with van der Waals surface area (Å²) < 4.78 is 29.7. The number of aromatic amines is 1. The fourth-order valence-electron chi connectivity index (χ4n) is 3.14. The maximum absolute atomic E-state index is 13.5. The molecule has 1 aromatic rings. The fourth-order valence-corrected chi connectivity index (χ4v) is 3.14. The molecule has 3 heterocycles. The van der Waals surface area contributed by atoms with Crippen LogP contribution < -0.4 is 11.2 Å². The highest BCUT2D eigenvalue weighted by Gasteiger charge is 2.47. The Balaban J connectivity index is 1.69. The summed E-state index contributed by atoms with van der Waals surface area (Å²) in [4.78, 5) is 24.6. The molecule has 7 N–H and O–H groups in total. The van der Waals surface area contributed by atoms with Gasteiger partial charge in [-0.2, -0.15) is 4.39 Å². The van der Waals surface area contributed by atoms with Gasteiger partial charge in [0.15, 0.2) is 12.5 Å². The minimum absolute atomic E-state index is 0.516. The van der Waals surface area contributed by atoms with Gasteiger partial charge in [-0.15, -0.1) is 0 Å². The van der Waals surface area contributed by atoms with Crippen molar-refractivity contribution in [2.45, 2.75) is 55.2 Å². The molecule has 13 nitrogen and oxygen atoms in total. The van der Waals surface area contributed by atoms with Crippen LogP contribution in [0.5, 0.6) is 0 Å². The van der Waals surface area contributed by atoms with E-state index in [0.717, 1.165) is 0 Å². The van der Waals surface area contributed by atoms with Gasteiger partial charge in [0, 0.05) is 0 Å². The second kappa shape index (κ2) is 8.55. The molecule has 0 saturated carbocycles. The van der Waals surface area contributed by atoms with Crippen molar-refractivity contribution in [1.82, 2.24) is 9.55 Å². The van der Waals surface area contributed by atoms with Crippen LogP contribution in [0.3, 0.4) is 0 Å². The molecule has 164 valence electrons. The van der Waals surface area contributed by atoms with Crippen LogP contribution in [0.4, 0.5) is 4.39 Å². The Morgan fingerprint density at radius 1 is 1.00 bits per heavy atom. The maximum atomic E-state index is 13.5. The van der Waals surface area contributed by atoms with Crippen molar-refractivity contribution in [3.05, 3.63) is 32.9 Å². The van der Waals surface area contributed by atoms with Crippen molar-refractivity contribution in [3.8, 4) is 0 Å². The first-order valence-corrected chi connectivity index (χ1v) is 8.60. The molecule has 0 aromatic carbocycles. The number of nitrogens with zero attached hydrogens (tertiary/aromatic N) is 1. The van der Waals surface area contributed by atoms with Crippen LogP contribution in [0.2, 0.25) is 0 Å². The van der Waals surface area contributed by atoms with Gasteiger partial charge in [-0.05, 0) is 0 Å². The Morgan fingerprint density at radius 3 is 2.31 bits per heavy atom. The van der Waals surface area contributed by atoms with E-state index in [9.17, 15) is 39.5 Å². The monoisotopic (exact) mass is 424 g/mol. The van der Waals surface area contributed by atoms with E-state index < -0.39 is 85.5 Å². The van der Waals surface area contributed by atoms with Gasteiger partial charge in [-0.3, -0.25) is 14.3 Å². The molecule has 14 heteroatoms. The zero-order valence-electron chi connectivity index (χ0n) is 14.7. The highest BCUT2D eigenvalue weighted by Crippen LogP contribution is 2.30. The summed E-state index contributed by atoms with van der Waals surface area (Å²) >= 11 is 0. The molecule has 2 aliphatic rings. The predicted molar refractivity (Wildman–Crippen MR) is 86.9 cm³/mol. The minimum Gasteiger partial charge on any atom is -0.394 e. The van der Waals surface area contributed by atoms with E-state index in [0.29, 0.717) is 10.8 Å². The summed E-state index contributed by atoms with van der Waals surface area (Å²) in [6, 6.07) is 0. The Morgan fingerprint density at radius 2 is 1.66 bits per heavy atom. The van der Waals surface area contributed by atoms with E-state index >= 15 is 0 Å². The summed E-state index contributed by atoms with van der Waals surface area (Å²) in [5, 5.41) is 58.8. The summed E-state index contributed by atoms with van der Waals surface area (Å²) in [5.74, 6) is -1.31. The number of halogens is 1. The molecule has 2 unspecified atom stereocenters. The van der Waals surface area contributed by atoms with Crippen molar-refractivity contribution in [2.24, 2.45) is 0 Å². The van der Waals surface area contributed by atoms with Crippen LogP contribution in [0, 0.1) is 5.82 Å². The average molecular weight is 424 g/mol. The lowest BCUT2D eigenvalue weighted by atomic mass is 9.99. The van der Waals surface area contributed by atoms with Crippen LogP contribution in [0.25, 0.3) is 0 Å². The quantitative estimate of drug-likeness (QED) is 0.239. The first-order chi connectivity index (χ1) is 13.6. The number of nitrogens with one attached hydrogen (secondary N) is 1. The van der Waals surface area contributed by atoms with E-state index in [1.165, 1.54) is 0 Å². The number of aromatic nitrogens is 2. The van der Waals surface area contributed by atoms with Crippen LogP contribution in [-0.4, -0.2) is 102 Å². The second-order valence-electron chi connectivity index (χ2n) is 6.72. The summed E-state index contributed by atoms with van der Waals surface area (Å²) in [5.41, 5.74) is -2.34. The number of hydrogen-bond acceptors (Lipinski definition) is 11. The van der Waals surface area contributed by atoms with E-state index in [4.69, 9.17) is 19.3 Å². The molecule has 2 aliphatic heterocycles. The van der Waals surface area contributed by atoms with Crippen LogP contribution in [-0.2, 0) is 14.2 Å². The van der Waals surface area contributed by atoms with Gasteiger partial charge in [0.25, 0.3) is 5.56 Å². The molecule has 3 rings (SSSR count). The summed E-state index contributed by atoms with van der Waals surface area (Å²) in [6.07, 6.45) is -13.3. The van der Waals surface area contributed by atoms with Crippen LogP contribution in [0.1, 0.15) is 6.23 Å². The molecule has 0 bridgehead atoms. The van der Waals surface area contributed by atoms with Crippen LogP contribution >= 0.6 is 0 Å². The lowest BCUT2D eigenvalue weighted by Crippen LogP contribution is -2.59. The zero-order valence-corrected chi connectivity index (χ0v) is 14.7. The van der Waals surface area contributed by atoms with Gasteiger partial charge < -0.3 is 44.8 Å². The van der Waals surface area contributed by atoms with Crippen molar-refractivity contribution in [1.29, 1.82) is 0 Å².